The van der Waals surface area contributed by atoms with Crippen molar-refractivity contribution in [2.45, 2.75) is 36.5 Å². The van der Waals surface area contributed by atoms with E-state index in [0.717, 1.165) is 45.2 Å². The fourth-order valence-corrected chi connectivity index (χ4v) is 5.78. The number of hydrogen-bond acceptors (Lipinski definition) is 5. The highest BCUT2D eigenvalue weighted by molar-refractivity contribution is 7.98. The number of aromatic amines is 1. The number of piperidine rings is 1. The summed E-state index contributed by atoms with van der Waals surface area (Å²) < 4.78 is 1.85. The average molecular weight is 465 g/mol. The summed E-state index contributed by atoms with van der Waals surface area (Å²) >= 11 is 3.39. The van der Waals surface area contributed by atoms with Gasteiger partial charge >= 0.3 is 5.69 Å². The van der Waals surface area contributed by atoms with Gasteiger partial charge in [0.2, 0.25) is 0 Å². The van der Waals surface area contributed by atoms with Crippen molar-refractivity contribution in [2.24, 2.45) is 0 Å². The molecule has 32 heavy (non-hydrogen) atoms. The molecule has 3 heterocycles. The Morgan fingerprint density at radius 2 is 1.91 bits per heavy atom. The molecule has 2 aromatic heterocycles. The van der Waals surface area contributed by atoms with Crippen LogP contribution < -0.4 is 5.69 Å². The summed E-state index contributed by atoms with van der Waals surface area (Å²) in [6.45, 7) is 3.31. The van der Waals surface area contributed by atoms with Gasteiger partial charge in [0.15, 0.2) is 0 Å². The Labute approximate surface area is 194 Å². The predicted molar refractivity (Wildman–Crippen MR) is 130 cm³/mol. The van der Waals surface area contributed by atoms with Crippen LogP contribution in [-0.4, -0.2) is 38.4 Å². The van der Waals surface area contributed by atoms with Crippen LogP contribution in [0.1, 0.15) is 39.9 Å². The van der Waals surface area contributed by atoms with E-state index in [1.807, 2.05) is 64.9 Å². The zero-order chi connectivity index (χ0) is 22.1. The maximum absolute atomic E-state index is 13.0. The normalized spacial score (nSPS) is 14.8. The summed E-state index contributed by atoms with van der Waals surface area (Å²) in [5, 5.41) is 3.17. The van der Waals surface area contributed by atoms with Crippen LogP contribution >= 0.6 is 23.1 Å². The van der Waals surface area contributed by atoms with Gasteiger partial charge in [-0.2, -0.15) is 0 Å². The van der Waals surface area contributed by atoms with Gasteiger partial charge in [-0.15, -0.1) is 23.1 Å². The van der Waals surface area contributed by atoms with Gasteiger partial charge in [-0.3, -0.25) is 9.36 Å². The van der Waals surface area contributed by atoms with Crippen LogP contribution in [0.2, 0.25) is 0 Å². The molecule has 0 atom stereocenters. The summed E-state index contributed by atoms with van der Waals surface area (Å²) in [4.78, 5) is 35.9. The number of thiazole rings is 1. The van der Waals surface area contributed by atoms with E-state index in [4.69, 9.17) is 0 Å². The van der Waals surface area contributed by atoms with Gasteiger partial charge < -0.3 is 9.88 Å². The third-order valence-corrected chi connectivity index (χ3v) is 7.76. The second-order valence-electron chi connectivity index (χ2n) is 8.01. The van der Waals surface area contributed by atoms with E-state index in [-0.39, 0.29) is 17.6 Å². The lowest BCUT2D eigenvalue weighted by molar-refractivity contribution is 0.0695. The lowest BCUT2D eigenvalue weighted by Crippen LogP contribution is -2.40. The van der Waals surface area contributed by atoms with Crippen molar-refractivity contribution in [1.82, 2.24) is 19.4 Å². The van der Waals surface area contributed by atoms with Gasteiger partial charge in [-0.1, -0.05) is 12.1 Å². The summed E-state index contributed by atoms with van der Waals surface area (Å²) in [6.07, 6.45) is 1.54. The number of thioether (sulfide) groups is 1. The molecule has 1 N–H and O–H groups in total. The molecule has 0 spiro atoms. The number of aromatic nitrogens is 3. The summed E-state index contributed by atoms with van der Waals surface area (Å²) in [6, 6.07) is 15.7. The van der Waals surface area contributed by atoms with Crippen molar-refractivity contribution in [3.05, 3.63) is 80.7 Å². The van der Waals surface area contributed by atoms with E-state index in [2.05, 4.69) is 15.3 Å². The van der Waals surface area contributed by atoms with Crippen LogP contribution in [0.5, 0.6) is 0 Å². The fourth-order valence-electron chi connectivity index (χ4n) is 4.27. The van der Waals surface area contributed by atoms with Gasteiger partial charge in [0.1, 0.15) is 0 Å². The lowest BCUT2D eigenvalue weighted by atomic mass is 10.0. The van der Waals surface area contributed by atoms with Crippen molar-refractivity contribution >= 4 is 40.0 Å². The molecule has 2 aromatic carbocycles. The highest BCUT2D eigenvalue weighted by Crippen LogP contribution is 2.27. The van der Waals surface area contributed by atoms with E-state index in [1.54, 1.807) is 23.1 Å². The van der Waals surface area contributed by atoms with E-state index >= 15 is 0 Å². The first kappa shape index (κ1) is 21.0. The summed E-state index contributed by atoms with van der Waals surface area (Å²) in [7, 11) is 0. The maximum Gasteiger partial charge on any atom is 0.326 e. The Hall–Kier alpha value is -2.84. The van der Waals surface area contributed by atoms with Crippen LogP contribution in [0.3, 0.4) is 0 Å². The molecule has 1 saturated heterocycles. The Bertz CT molecular complexity index is 1300. The standard InChI is InChI=1S/C24H24N4O2S2/c1-16-25-18(14-31-16)15-32-20-8-6-17(7-9-20)23(29)27-12-10-19(11-13-27)28-22-5-3-2-4-21(22)26-24(28)30/h2-9,14,19H,10-13,15H2,1H3,(H,26,30). The molecule has 4 aromatic rings. The lowest BCUT2D eigenvalue weighted by Gasteiger charge is -2.32. The van der Waals surface area contributed by atoms with E-state index in [1.165, 1.54) is 0 Å². The molecule has 0 bridgehead atoms. The minimum absolute atomic E-state index is 0.0569. The fraction of sp³-hybridized carbons (Fsp3) is 0.292. The first-order valence-electron chi connectivity index (χ1n) is 10.7. The SMILES string of the molecule is Cc1nc(CSc2ccc(C(=O)N3CCC(n4c(=O)[nH]c5ccccc54)CC3)cc2)cs1. The number of fused-ring (bicyclic) bond motifs is 1. The Morgan fingerprint density at radius 3 is 2.62 bits per heavy atom. The number of likely N-dealkylation sites (tertiary alicyclic amines) is 1. The number of rotatable bonds is 5. The van der Waals surface area contributed by atoms with Gasteiger partial charge in [-0.25, -0.2) is 9.78 Å². The quantitative estimate of drug-likeness (QED) is 0.428. The van der Waals surface area contributed by atoms with Crippen molar-refractivity contribution in [1.29, 1.82) is 0 Å². The number of benzene rings is 2. The van der Waals surface area contributed by atoms with Crippen molar-refractivity contribution in [2.75, 3.05) is 13.1 Å². The number of H-pyrrole nitrogens is 1. The minimum atomic E-state index is -0.0723. The molecule has 1 fully saturated rings. The van der Waals surface area contributed by atoms with Crippen molar-refractivity contribution < 1.29 is 4.79 Å². The molecule has 8 heteroatoms. The minimum Gasteiger partial charge on any atom is -0.338 e. The molecule has 0 radical (unpaired) electrons. The maximum atomic E-state index is 13.0. The van der Waals surface area contributed by atoms with E-state index in [0.29, 0.717) is 18.7 Å². The Morgan fingerprint density at radius 1 is 1.16 bits per heavy atom. The first-order valence-corrected chi connectivity index (χ1v) is 12.6. The number of nitrogens with one attached hydrogen (secondary N) is 1. The van der Waals surface area contributed by atoms with Gasteiger partial charge in [-0.05, 0) is 56.2 Å². The Kier molecular flexibility index (Phi) is 5.89. The number of carbonyl (C=O) groups excluding carboxylic acids is 1. The molecule has 0 aliphatic carbocycles. The van der Waals surface area contributed by atoms with Crippen LogP contribution in [0.25, 0.3) is 11.0 Å². The molecular formula is C24H24N4O2S2. The number of amides is 1. The predicted octanol–water partition coefficient (Wildman–Crippen LogP) is 4.86. The molecule has 1 aliphatic heterocycles. The highest BCUT2D eigenvalue weighted by Gasteiger charge is 2.26. The second-order valence-corrected chi connectivity index (χ2v) is 10.1. The summed E-state index contributed by atoms with van der Waals surface area (Å²) in [5.41, 5.74) is 3.52. The van der Waals surface area contributed by atoms with Gasteiger partial charge in [0.25, 0.3) is 5.91 Å². The van der Waals surface area contributed by atoms with Crippen LogP contribution in [0.4, 0.5) is 0 Å². The smallest absolute Gasteiger partial charge is 0.326 e. The molecule has 5 rings (SSSR count). The van der Waals surface area contributed by atoms with E-state index in [9.17, 15) is 9.59 Å². The number of para-hydroxylation sites is 2. The zero-order valence-electron chi connectivity index (χ0n) is 17.8. The molecule has 0 unspecified atom stereocenters. The average Bonchev–Trinajstić information content (AvgIpc) is 3.39. The molecule has 1 aliphatic rings. The highest BCUT2D eigenvalue weighted by atomic mass is 32.2. The molecular weight excluding hydrogens is 440 g/mol. The summed E-state index contributed by atoms with van der Waals surface area (Å²) in [5.74, 6) is 0.889. The zero-order valence-corrected chi connectivity index (χ0v) is 19.4. The number of hydrogen-bond donors (Lipinski definition) is 1. The molecule has 1 amide bonds. The third kappa shape index (κ3) is 4.25. The monoisotopic (exact) mass is 464 g/mol. The first-order chi connectivity index (χ1) is 15.6. The van der Waals surface area contributed by atoms with Crippen LogP contribution in [0, 0.1) is 6.92 Å². The number of aryl methyl sites for hydroxylation is 1. The molecule has 6 nitrogen and oxygen atoms in total. The number of imidazole rings is 1. The van der Waals surface area contributed by atoms with Gasteiger partial charge in [0, 0.05) is 40.7 Å². The second kappa shape index (κ2) is 8.96. The van der Waals surface area contributed by atoms with Gasteiger partial charge in [0.05, 0.1) is 21.7 Å². The van der Waals surface area contributed by atoms with Crippen molar-refractivity contribution in [3.8, 4) is 0 Å². The van der Waals surface area contributed by atoms with Crippen molar-refractivity contribution in [3.63, 3.8) is 0 Å². The number of carbonyl (C=O) groups is 1. The number of nitrogens with zero attached hydrogens (tertiary/aromatic N) is 3. The van der Waals surface area contributed by atoms with E-state index < -0.39 is 0 Å². The van der Waals surface area contributed by atoms with Crippen LogP contribution in [0.15, 0.2) is 63.6 Å². The molecule has 164 valence electrons. The third-order valence-electron chi connectivity index (χ3n) is 5.90. The van der Waals surface area contributed by atoms with Crippen LogP contribution in [-0.2, 0) is 5.75 Å². The Balaban J connectivity index is 1.20. The molecule has 0 saturated carbocycles. The topological polar surface area (TPSA) is 71.0 Å². The largest absolute Gasteiger partial charge is 0.338 e.